The first-order valence-electron chi connectivity index (χ1n) is 3.92. The van der Waals surface area contributed by atoms with Crippen molar-refractivity contribution in [2.45, 2.75) is 6.92 Å². The number of hydrogen-bond donors (Lipinski definition) is 1. The van der Waals surface area contributed by atoms with E-state index in [0.29, 0.717) is 12.2 Å². The van der Waals surface area contributed by atoms with Crippen LogP contribution in [0, 0.1) is 6.92 Å². The average molecular weight is 177 g/mol. The molecule has 0 radical (unpaired) electrons. The first-order valence-corrected chi connectivity index (χ1v) is 3.92. The molecular formula is C9H11N3O. The van der Waals surface area contributed by atoms with E-state index in [4.69, 9.17) is 0 Å². The SMILES string of the molecule is C=CCNC(=O)c1cc(C)ncn1. The van der Waals surface area contributed by atoms with Gasteiger partial charge in [-0.15, -0.1) is 6.58 Å². The highest BCUT2D eigenvalue weighted by atomic mass is 16.1. The van der Waals surface area contributed by atoms with Gasteiger partial charge in [-0.2, -0.15) is 0 Å². The van der Waals surface area contributed by atoms with Crippen LogP contribution in [0.1, 0.15) is 16.2 Å². The van der Waals surface area contributed by atoms with Crippen molar-refractivity contribution in [3.63, 3.8) is 0 Å². The second-order valence-electron chi connectivity index (χ2n) is 2.54. The predicted octanol–water partition coefficient (Wildman–Crippen LogP) is 0.701. The highest BCUT2D eigenvalue weighted by molar-refractivity contribution is 5.92. The zero-order chi connectivity index (χ0) is 9.68. The average Bonchev–Trinajstić information content (AvgIpc) is 2.14. The summed E-state index contributed by atoms with van der Waals surface area (Å²) in [6, 6.07) is 1.64. The zero-order valence-corrected chi connectivity index (χ0v) is 7.45. The number of amides is 1. The minimum atomic E-state index is -0.203. The summed E-state index contributed by atoms with van der Waals surface area (Å²) >= 11 is 0. The third kappa shape index (κ3) is 2.66. The number of rotatable bonds is 3. The van der Waals surface area contributed by atoms with E-state index in [2.05, 4.69) is 21.9 Å². The molecule has 0 saturated carbocycles. The van der Waals surface area contributed by atoms with Gasteiger partial charge in [0.05, 0.1) is 0 Å². The number of carbonyl (C=O) groups is 1. The maximum Gasteiger partial charge on any atom is 0.270 e. The molecule has 68 valence electrons. The molecule has 13 heavy (non-hydrogen) atoms. The largest absolute Gasteiger partial charge is 0.347 e. The second kappa shape index (κ2) is 4.35. The smallest absolute Gasteiger partial charge is 0.270 e. The fourth-order valence-corrected chi connectivity index (χ4v) is 0.834. The molecule has 4 heteroatoms. The molecule has 1 amide bonds. The van der Waals surface area contributed by atoms with Gasteiger partial charge in [-0.1, -0.05) is 6.08 Å². The molecule has 0 bridgehead atoms. The number of carbonyl (C=O) groups excluding carboxylic acids is 1. The van der Waals surface area contributed by atoms with Gasteiger partial charge in [-0.3, -0.25) is 4.79 Å². The summed E-state index contributed by atoms with van der Waals surface area (Å²) in [6.07, 6.45) is 2.99. The van der Waals surface area contributed by atoms with Crippen LogP contribution in [0.15, 0.2) is 25.0 Å². The summed E-state index contributed by atoms with van der Waals surface area (Å²) in [5.74, 6) is -0.203. The Morgan fingerprint density at radius 3 is 3.08 bits per heavy atom. The van der Waals surface area contributed by atoms with Crippen LogP contribution in [0.2, 0.25) is 0 Å². The molecule has 0 aliphatic carbocycles. The summed E-state index contributed by atoms with van der Waals surface area (Å²) < 4.78 is 0. The molecule has 0 unspecified atom stereocenters. The van der Waals surface area contributed by atoms with E-state index in [1.54, 1.807) is 12.1 Å². The molecule has 1 rings (SSSR count). The lowest BCUT2D eigenvalue weighted by atomic mass is 10.3. The minimum absolute atomic E-state index is 0.203. The summed E-state index contributed by atoms with van der Waals surface area (Å²) in [4.78, 5) is 19.0. The van der Waals surface area contributed by atoms with Crippen molar-refractivity contribution in [1.82, 2.24) is 15.3 Å². The number of hydrogen-bond acceptors (Lipinski definition) is 3. The van der Waals surface area contributed by atoms with Gasteiger partial charge in [-0.25, -0.2) is 9.97 Å². The molecule has 0 aromatic carbocycles. The van der Waals surface area contributed by atoms with Crippen molar-refractivity contribution in [3.8, 4) is 0 Å². The Labute approximate surface area is 76.7 Å². The van der Waals surface area contributed by atoms with E-state index < -0.39 is 0 Å². The number of aryl methyl sites for hydroxylation is 1. The normalized spacial score (nSPS) is 9.31. The molecule has 4 nitrogen and oxygen atoms in total. The van der Waals surface area contributed by atoms with E-state index in [0.717, 1.165) is 5.69 Å². The lowest BCUT2D eigenvalue weighted by molar-refractivity contribution is 0.0953. The van der Waals surface area contributed by atoms with Crippen LogP contribution in [0.25, 0.3) is 0 Å². The Bertz CT molecular complexity index is 322. The van der Waals surface area contributed by atoms with Gasteiger partial charge in [0.1, 0.15) is 12.0 Å². The molecule has 1 aromatic rings. The van der Waals surface area contributed by atoms with Crippen molar-refractivity contribution < 1.29 is 4.79 Å². The van der Waals surface area contributed by atoms with E-state index in [1.807, 2.05) is 6.92 Å². The van der Waals surface area contributed by atoms with Crippen molar-refractivity contribution in [2.75, 3.05) is 6.54 Å². The van der Waals surface area contributed by atoms with Gasteiger partial charge in [0, 0.05) is 12.2 Å². The summed E-state index contributed by atoms with van der Waals surface area (Å²) in [7, 11) is 0. The quantitative estimate of drug-likeness (QED) is 0.691. The Morgan fingerprint density at radius 2 is 2.46 bits per heavy atom. The Balaban J connectivity index is 2.71. The molecule has 1 aromatic heterocycles. The van der Waals surface area contributed by atoms with Crippen molar-refractivity contribution in [1.29, 1.82) is 0 Å². The number of aromatic nitrogens is 2. The maximum absolute atomic E-state index is 11.3. The lowest BCUT2D eigenvalue weighted by Gasteiger charge is -2.00. The first kappa shape index (κ1) is 9.38. The molecule has 0 aliphatic rings. The highest BCUT2D eigenvalue weighted by Crippen LogP contribution is 1.95. The van der Waals surface area contributed by atoms with Gasteiger partial charge in [0.15, 0.2) is 0 Å². The standard InChI is InChI=1S/C9H11N3O/c1-3-4-10-9(13)8-5-7(2)11-6-12-8/h3,5-6H,1,4H2,2H3,(H,10,13). The van der Waals surface area contributed by atoms with Crippen LogP contribution in [-0.4, -0.2) is 22.4 Å². The minimum Gasteiger partial charge on any atom is -0.347 e. The Morgan fingerprint density at radius 1 is 1.69 bits per heavy atom. The molecule has 0 fully saturated rings. The summed E-state index contributed by atoms with van der Waals surface area (Å²) in [5, 5.41) is 2.63. The summed E-state index contributed by atoms with van der Waals surface area (Å²) in [5.41, 5.74) is 1.16. The van der Waals surface area contributed by atoms with Gasteiger partial charge in [0.25, 0.3) is 5.91 Å². The van der Waals surface area contributed by atoms with Gasteiger partial charge in [-0.05, 0) is 13.0 Å². The van der Waals surface area contributed by atoms with E-state index in [-0.39, 0.29) is 5.91 Å². The van der Waals surface area contributed by atoms with Crippen LogP contribution < -0.4 is 5.32 Å². The molecule has 0 atom stereocenters. The third-order valence-corrected chi connectivity index (χ3v) is 1.44. The Hall–Kier alpha value is -1.71. The molecule has 0 spiro atoms. The fourth-order valence-electron chi connectivity index (χ4n) is 0.834. The van der Waals surface area contributed by atoms with Gasteiger partial charge >= 0.3 is 0 Å². The van der Waals surface area contributed by atoms with Crippen LogP contribution >= 0.6 is 0 Å². The molecule has 1 heterocycles. The van der Waals surface area contributed by atoms with Crippen LogP contribution in [0.3, 0.4) is 0 Å². The highest BCUT2D eigenvalue weighted by Gasteiger charge is 2.04. The van der Waals surface area contributed by atoms with Crippen LogP contribution in [-0.2, 0) is 0 Å². The molecule has 0 saturated heterocycles. The van der Waals surface area contributed by atoms with Crippen molar-refractivity contribution in [3.05, 3.63) is 36.4 Å². The predicted molar refractivity (Wildman–Crippen MR) is 49.3 cm³/mol. The lowest BCUT2D eigenvalue weighted by Crippen LogP contribution is -2.24. The number of nitrogens with zero attached hydrogens (tertiary/aromatic N) is 2. The third-order valence-electron chi connectivity index (χ3n) is 1.44. The Kier molecular flexibility index (Phi) is 3.14. The van der Waals surface area contributed by atoms with Crippen molar-refractivity contribution >= 4 is 5.91 Å². The van der Waals surface area contributed by atoms with E-state index >= 15 is 0 Å². The summed E-state index contributed by atoms with van der Waals surface area (Å²) in [6.45, 7) is 5.75. The monoisotopic (exact) mass is 177 g/mol. The van der Waals surface area contributed by atoms with Crippen molar-refractivity contribution in [2.24, 2.45) is 0 Å². The van der Waals surface area contributed by atoms with E-state index in [9.17, 15) is 4.79 Å². The fraction of sp³-hybridized carbons (Fsp3) is 0.222. The second-order valence-corrected chi connectivity index (χ2v) is 2.54. The molecule has 1 N–H and O–H groups in total. The van der Waals surface area contributed by atoms with Gasteiger partial charge < -0.3 is 5.32 Å². The molecule has 0 aliphatic heterocycles. The maximum atomic E-state index is 11.3. The van der Waals surface area contributed by atoms with E-state index in [1.165, 1.54) is 6.33 Å². The molecular weight excluding hydrogens is 166 g/mol. The van der Waals surface area contributed by atoms with Crippen LogP contribution in [0.4, 0.5) is 0 Å². The van der Waals surface area contributed by atoms with Crippen LogP contribution in [0.5, 0.6) is 0 Å². The topological polar surface area (TPSA) is 54.9 Å². The zero-order valence-electron chi connectivity index (χ0n) is 7.45. The number of nitrogens with one attached hydrogen (secondary N) is 1. The first-order chi connectivity index (χ1) is 6.24. The van der Waals surface area contributed by atoms with Gasteiger partial charge in [0.2, 0.25) is 0 Å².